The minimum atomic E-state index is -4.33. The molecule has 0 saturated heterocycles. The molecule has 0 radical (unpaired) electrons. The Morgan fingerprint density at radius 2 is 1.83 bits per heavy atom. The molecule has 0 aromatic carbocycles. The summed E-state index contributed by atoms with van der Waals surface area (Å²) in [7, 11) is 0. The SMILES string of the molecule is N[C@@H]1C[C@@H](c2nc(C3CCCC3)nn2CC(F)(F)F)CC[C@H]1O. The Bertz CT molecular complexity index is 539. The Labute approximate surface area is 133 Å². The lowest BCUT2D eigenvalue weighted by Crippen LogP contribution is -2.40. The quantitative estimate of drug-likeness (QED) is 0.891. The molecule has 1 heterocycles. The summed E-state index contributed by atoms with van der Waals surface area (Å²) in [6.45, 7) is -1.11. The number of aliphatic hydroxyl groups excluding tert-OH is 1. The average molecular weight is 332 g/mol. The third kappa shape index (κ3) is 3.85. The van der Waals surface area contributed by atoms with Crippen LogP contribution in [-0.2, 0) is 6.54 Å². The summed E-state index contributed by atoms with van der Waals surface area (Å²) in [5.41, 5.74) is 5.88. The van der Waals surface area contributed by atoms with Gasteiger partial charge in [-0.25, -0.2) is 9.67 Å². The molecule has 1 aromatic rings. The minimum Gasteiger partial charge on any atom is -0.392 e. The van der Waals surface area contributed by atoms with Gasteiger partial charge in [-0.1, -0.05) is 12.8 Å². The zero-order valence-corrected chi connectivity index (χ0v) is 13.0. The Balaban J connectivity index is 1.86. The summed E-state index contributed by atoms with van der Waals surface area (Å²) in [5, 5.41) is 13.9. The monoisotopic (exact) mass is 332 g/mol. The van der Waals surface area contributed by atoms with Gasteiger partial charge in [0.15, 0.2) is 5.82 Å². The number of halogens is 3. The van der Waals surface area contributed by atoms with Crippen molar-refractivity contribution in [2.45, 2.75) is 81.6 Å². The second-order valence-corrected chi connectivity index (χ2v) is 6.82. The van der Waals surface area contributed by atoms with Gasteiger partial charge >= 0.3 is 6.18 Å². The van der Waals surface area contributed by atoms with Crippen molar-refractivity contribution in [2.24, 2.45) is 5.73 Å². The van der Waals surface area contributed by atoms with Crippen LogP contribution in [0.4, 0.5) is 13.2 Å². The highest BCUT2D eigenvalue weighted by molar-refractivity contribution is 5.08. The molecule has 5 nitrogen and oxygen atoms in total. The van der Waals surface area contributed by atoms with E-state index in [2.05, 4.69) is 10.1 Å². The Hall–Kier alpha value is -1.15. The van der Waals surface area contributed by atoms with Gasteiger partial charge in [-0.15, -0.1) is 0 Å². The number of hydrogen-bond donors (Lipinski definition) is 2. The van der Waals surface area contributed by atoms with E-state index in [9.17, 15) is 18.3 Å². The van der Waals surface area contributed by atoms with Gasteiger partial charge in [0.25, 0.3) is 0 Å². The maximum Gasteiger partial charge on any atom is 0.408 e. The molecule has 3 atom stereocenters. The van der Waals surface area contributed by atoms with E-state index in [1.165, 1.54) is 0 Å². The molecule has 0 unspecified atom stereocenters. The third-order valence-corrected chi connectivity index (χ3v) is 4.99. The van der Waals surface area contributed by atoms with Crippen molar-refractivity contribution in [3.8, 4) is 0 Å². The van der Waals surface area contributed by atoms with Gasteiger partial charge in [0.05, 0.1) is 6.10 Å². The van der Waals surface area contributed by atoms with E-state index in [1.807, 2.05) is 0 Å². The van der Waals surface area contributed by atoms with Crippen molar-refractivity contribution in [1.82, 2.24) is 14.8 Å². The van der Waals surface area contributed by atoms with Gasteiger partial charge in [0.1, 0.15) is 12.4 Å². The molecule has 0 aliphatic heterocycles. The van der Waals surface area contributed by atoms with Gasteiger partial charge in [0, 0.05) is 17.9 Å². The predicted octanol–water partition coefficient (Wildman–Crippen LogP) is 2.45. The topological polar surface area (TPSA) is 77.0 Å². The van der Waals surface area contributed by atoms with E-state index in [-0.39, 0.29) is 11.8 Å². The van der Waals surface area contributed by atoms with Crippen molar-refractivity contribution >= 4 is 0 Å². The van der Waals surface area contributed by atoms with E-state index in [4.69, 9.17) is 5.73 Å². The summed E-state index contributed by atoms with van der Waals surface area (Å²) >= 11 is 0. The second kappa shape index (κ2) is 6.39. The zero-order chi connectivity index (χ0) is 16.6. The van der Waals surface area contributed by atoms with Crippen LogP contribution >= 0.6 is 0 Å². The maximum absolute atomic E-state index is 12.9. The van der Waals surface area contributed by atoms with Gasteiger partial charge < -0.3 is 10.8 Å². The molecular weight excluding hydrogens is 309 g/mol. The first-order valence-electron chi connectivity index (χ1n) is 8.28. The van der Waals surface area contributed by atoms with Crippen LogP contribution in [0.1, 0.15) is 68.4 Å². The molecule has 2 aliphatic rings. The Kier molecular flexibility index (Phi) is 4.64. The van der Waals surface area contributed by atoms with Gasteiger partial charge in [-0.2, -0.15) is 18.3 Å². The number of rotatable bonds is 3. The van der Waals surface area contributed by atoms with Crippen molar-refractivity contribution in [2.75, 3.05) is 0 Å². The molecule has 0 spiro atoms. The smallest absolute Gasteiger partial charge is 0.392 e. The second-order valence-electron chi connectivity index (χ2n) is 6.82. The van der Waals surface area contributed by atoms with Crippen LogP contribution < -0.4 is 5.73 Å². The number of hydrogen-bond acceptors (Lipinski definition) is 4. The summed E-state index contributed by atoms with van der Waals surface area (Å²) < 4.78 is 39.6. The van der Waals surface area contributed by atoms with E-state index in [0.29, 0.717) is 30.9 Å². The summed E-state index contributed by atoms with van der Waals surface area (Å²) in [5.74, 6) is 0.928. The maximum atomic E-state index is 12.9. The fourth-order valence-corrected chi connectivity index (χ4v) is 3.74. The molecule has 3 rings (SSSR count). The number of aliphatic hydroxyl groups is 1. The largest absolute Gasteiger partial charge is 0.408 e. The fourth-order valence-electron chi connectivity index (χ4n) is 3.74. The summed E-state index contributed by atoms with van der Waals surface area (Å²) in [6, 6.07) is -0.417. The third-order valence-electron chi connectivity index (χ3n) is 4.99. The minimum absolute atomic E-state index is 0.168. The highest BCUT2D eigenvalue weighted by Crippen LogP contribution is 2.36. The van der Waals surface area contributed by atoms with E-state index in [1.54, 1.807) is 0 Å². The number of alkyl halides is 3. The molecule has 1 aromatic heterocycles. The Morgan fingerprint density at radius 1 is 1.13 bits per heavy atom. The lowest BCUT2D eigenvalue weighted by molar-refractivity contribution is -0.143. The molecule has 0 amide bonds. The van der Waals surface area contributed by atoms with Gasteiger partial charge in [-0.05, 0) is 32.1 Å². The van der Waals surface area contributed by atoms with Gasteiger partial charge in [-0.3, -0.25) is 0 Å². The molecule has 2 aliphatic carbocycles. The first kappa shape index (κ1) is 16.7. The number of nitrogens with zero attached hydrogens (tertiary/aromatic N) is 3. The van der Waals surface area contributed by atoms with Crippen molar-refractivity contribution in [3.05, 3.63) is 11.6 Å². The normalized spacial score (nSPS) is 30.0. The Morgan fingerprint density at radius 3 is 2.43 bits per heavy atom. The van der Waals surface area contributed by atoms with Crippen LogP contribution in [0.25, 0.3) is 0 Å². The fraction of sp³-hybridized carbons (Fsp3) is 0.867. The molecule has 23 heavy (non-hydrogen) atoms. The molecule has 2 fully saturated rings. The lowest BCUT2D eigenvalue weighted by atomic mass is 9.83. The molecule has 2 saturated carbocycles. The van der Waals surface area contributed by atoms with Crippen LogP contribution in [0, 0.1) is 0 Å². The molecular formula is C15H23F3N4O. The highest BCUT2D eigenvalue weighted by Gasteiger charge is 2.36. The number of nitrogens with two attached hydrogens (primary N) is 1. The highest BCUT2D eigenvalue weighted by atomic mass is 19.4. The van der Waals surface area contributed by atoms with Crippen LogP contribution in [0.2, 0.25) is 0 Å². The molecule has 8 heteroatoms. The van der Waals surface area contributed by atoms with E-state index >= 15 is 0 Å². The van der Waals surface area contributed by atoms with E-state index < -0.39 is 24.9 Å². The van der Waals surface area contributed by atoms with Crippen molar-refractivity contribution in [3.63, 3.8) is 0 Å². The standard InChI is InChI=1S/C15H23F3N4O/c16-15(17,18)8-22-14(10-5-6-12(23)11(19)7-10)20-13(21-22)9-3-1-2-4-9/h9-12,23H,1-8,19H2/t10-,11+,12+/m0/s1. The van der Waals surface area contributed by atoms with Crippen LogP contribution in [-0.4, -0.2) is 38.2 Å². The molecule has 0 bridgehead atoms. The average Bonchev–Trinajstić information content (AvgIpc) is 3.09. The molecule has 3 N–H and O–H groups in total. The zero-order valence-electron chi connectivity index (χ0n) is 13.0. The van der Waals surface area contributed by atoms with Crippen LogP contribution in [0.3, 0.4) is 0 Å². The van der Waals surface area contributed by atoms with Crippen molar-refractivity contribution in [1.29, 1.82) is 0 Å². The molecule has 130 valence electrons. The predicted molar refractivity (Wildman–Crippen MR) is 77.9 cm³/mol. The summed E-state index contributed by atoms with van der Waals surface area (Å²) in [6.07, 6.45) is 0.658. The van der Waals surface area contributed by atoms with Crippen LogP contribution in [0.15, 0.2) is 0 Å². The number of aromatic nitrogens is 3. The summed E-state index contributed by atoms with van der Waals surface area (Å²) in [4.78, 5) is 4.47. The first-order chi connectivity index (χ1) is 10.8. The van der Waals surface area contributed by atoms with Gasteiger partial charge in [0.2, 0.25) is 0 Å². The first-order valence-corrected chi connectivity index (χ1v) is 8.28. The lowest BCUT2D eigenvalue weighted by Gasteiger charge is -2.30. The van der Waals surface area contributed by atoms with Crippen molar-refractivity contribution < 1.29 is 18.3 Å². The van der Waals surface area contributed by atoms with E-state index in [0.717, 1.165) is 30.4 Å². The van der Waals surface area contributed by atoms with Crippen LogP contribution in [0.5, 0.6) is 0 Å².